The number of carbonyl (C=O) groups excluding carboxylic acids is 1. The predicted molar refractivity (Wildman–Crippen MR) is 115 cm³/mol. The standard InChI is InChI=1S/C23H20F4N4O/c1-3-7-30-23(32)15-11-14(10-13-6-8-29-22(28)19(13)26)18(25)20(27)21(15)31-17-5-4-12(2)9-16(17)24/h3-6,8-9,11,31H,1,7,10H2,2H3,(H2,28,29)(H,30,32). The first kappa shape index (κ1) is 22.8. The molecule has 0 fully saturated rings. The molecule has 0 saturated carbocycles. The largest absolute Gasteiger partial charge is 0.381 e. The second-order valence-corrected chi connectivity index (χ2v) is 7.04. The number of benzene rings is 2. The number of hydrogen-bond acceptors (Lipinski definition) is 4. The minimum absolute atomic E-state index is 0.0291. The summed E-state index contributed by atoms with van der Waals surface area (Å²) in [6.45, 7) is 5.21. The van der Waals surface area contributed by atoms with Crippen molar-refractivity contribution in [3.63, 3.8) is 0 Å². The monoisotopic (exact) mass is 444 g/mol. The number of carbonyl (C=O) groups is 1. The van der Waals surface area contributed by atoms with Crippen molar-refractivity contribution >= 4 is 23.1 Å². The van der Waals surface area contributed by atoms with Crippen LogP contribution in [0.15, 0.2) is 49.2 Å². The average Bonchev–Trinajstić information content (AvgIpc) is 2.76. The lowest BCUT2D eigenvalue weighted by Gasteiger charge is -2.17. The molecule has 0 bridgehead atoms. The van der Waals surface area contributed by atoms with Gasteiger partial charge in [0.1, 0.15) is 5.82 Å². The summed E-state index contributed by atoms with van der Waals surface area (Å²) in [6, 6.07) is 6.48. The highest BCUT2D eigenvalue weighted by Crippen LogP contribution is 2.31. The maximum atomic E-state index is 15.1. The number of aromatic nitrogens is 1. The second kappa shape index (κ2) is 9.51. The number of aryl methyl sites for hydroxylation is 1. The van der Waals surface area contributed by atoms with Gasteiger partial charge in [0.15, 0.2) is 23.3 Å². The number of amides is 1. The van der Waals surface area contributed by atoms with Crippen molar-refractivity contribution in [3.05, 3.63) is 94.7 Å². The highest BCUT2D eigenvalue weighted by molar-refractivity contribution is 6.00. The lowest BCUT2D eigenvalue weighted by Crippen LogP contribution is -2.25. The summed E-state index contributed by atoms with van der Waals surface area (Å²) in [5.74, 6) is -5.44. The van der Waals surface area contributed by atoms with Gasteiger partial charge in [0.05, 0.1) is 16.9 Å². The SMILES string of the molecule is C=CCNC(=O)c1cc(Cc2ccnc(N)c2F)c(F)c(F)c1Nc1ccc(C)cc1F. The maximum Gasteiger partial charge on any atom is 0.253 e. The van der Waals surface area contributed by atoms with Gasteiger partial charge in [-0.05, 0) is 47.9 Å². The smallest absolute Gasteiger partial charge is 0.253 e. The Balaban J connectivity index is 2.11. The van der Waals surface area contributed by atoms with Crippen LogP contribution in [-0.4, -0.2) is 17.4 Å². The molecule has 3 aromatic rings. The first-order valence-corrected chi connectivity index (χ1v) is 9.55. The Morgan fingerprint density at radius 2 is 1.84 bits per heavy atom. The summed E-state index contributed by atoms with van der Waals surface area (Å²) in [7, 11) is 0. The van der Waals surface area contributed by atoms with E-state index in [1.165, 1.54) is 30.5 Å². The molecule has 0 aliphatic rings. The van der Waals surface area contributed by atoms with Crippen LogP contribution >= 0.6 is 0 Å². The Morgan fingerprint density at radius 3 is 2.53 bits per heavy atom. The number of nitrogen functional groups attached to an aromatic ring is 1. The van der Waals surface area contributed by atoms with E-state index in [4.69, 9.17) is 5.73 Å². The second-order valence-electron chi connectivity index (χ2n) is 7.04. The number of hydrogen-bond donors (Lipinski definition) is 3. The van der Waals surface area contributed by atoms with Crippen molar-refractivity contribution in [3.8, 4) is 0 Å². The Morgan fingerprint density at radius 1 is 1.09 bits per heavy atom. The highest BCUT2D eigenvalue weighted by Gasteiger charge is 2.24. The molecule has 0 saturated heterocycles. The van der Waals surface area contributed by atoms with E-state index in [-0.39, 0.29) is 41.2 Å². The fourth-order valence-corrected chi connectivity index (χ4v) is 3.07. The Bertz CT molecular complexity index is 1200. The minimum Gasteiger partial charge on any atom is -0.381 e. The zero-order chi connectivity index (χ0) is 23.4. The molecule has 1 heterocycles. The fraction of sp³-hybridized carbons (Fsp3) is 0.130. The van der Waals surface area contributed by atoms with Crippen molar-refractivity contribution in [2.75, 3.05) is 17.6 Å². The van der Waals surface area contributed by atoms with Crippen LogP contribution in [0, 0.1) is 30.2 Å². The van der Waals surface area contributed by atoms with E-state index in [2.05, 4.69) is 22.2 Å². The van der Waals surface area contributed by atoms with Gasteiger partial charge >= 0.3 is 0 Å². The summed E-state index contributed by atoms with van der Waals surface area (Å²) in [4.78, 5) is 16.2. The molecule has 1 amide bonds. The average molecular weight is 444 g/mol. The molecular weight excluding hydrogens is 424 g/mol. The predicted octanol–water partition coefficient (Wildman–Crippen LogP) is 4.78. The molecule has 9 heteroatoms. The molecule has 4 N–H and O–H groups in total. The van der Waals surface area contributed by atoms with Crippen LogP contribution in [0.3, 0.4) is 0 Å². The van der Waals surface area contributed by atoms with Crippen LogP contribution in [0.25, 0.3) is 0 Å². The Hall–Kier alpha value is -3.88. The normalized spacial score (nSPS) is 10.7. The molecule has 2 aromatic carbocycles. The number of nitrogens with one attached hydrogen (secondary N) is 2. The first-order valence-electron chi connectivity index (χ1n) is 9.55. The van der Waals surface area contributed by atoms with Gasteiger partial charge in [-0.1, -0.05) is 12.1 Å². The number of nitrogens with two attached hydrogens (primary N) is 1. The van der Waals surface area contributed by atoms with Gasteiger partial charge < -0.3 is 16.4 Å². The maximum absolute atomic E-state index is 15.1. The van der Waals surface area contributed by atoms with Crippen LogP contribution in [0.5, 0.6) is 0 Å². The van der Waals surface area contributed by atoms with Gasteiger partial charge in [0.25, 0.3) is 5.91 Å². The van der Waals surface area contributed by atoms with Crippen LogP contribution < -0.4 is 16.4 Å². The van der Waals surface area contributed by atoms with Gasteiger partial charge in [-0.25, -0.2) is 22.5 Å². The summed E-state index contributed by atoms with van der Waals surface area (Å²) in [6.07, 6.45) is 2.25. The van der Waals surface area contributed by atoms with Crippen LogP contribution in [-0.2, 0) is 6.42 Å². The number of rotatable bonds is 7. The molecule has 3 rings (SSSR count). The van der Waals surface area contributed by atoms with Crippen molar-refractivity contribution < 1.29 is 22.4 Å². The fourth-order valence-electron chi connectivity index (χ4n) is 3.07. The molecule has 0 aliphatic heterocycles. The molecule has 166 valence electrons. The van der Waals surface area contributed by atoms with Crippen molar-refractivity contribution in [1.82, 2.24) is 10.3 Å². The van der Waals surface area contributed by atoms with Gasteiger partial charge in [0, 0.05) is 19.2 Å². The number of pyridine rings is 1. The van der Waals surface area contributed by atoms with Crippen molar-refractivity contribution in [2.45, 2.75) is 13.3 Å². The van der Waals surface area contributed by atoms with Gasteiger partial charge in [-0.2, -0.15) is 0 Å². The molecule has 0 atom stereocenters. The molecule has 0 aliphatic carbocycles. The highest BCUT2D eigenvalue weighted by atomic mass is 19.2. The molecule has 0 unspecified atom stereocenters. The first-order chi connectivity index (χ1) is 15.2. The summed E-state index contributed by atoms with van der Waals surface area (Å²) in [5, 5.41) is 4.94. The molecule has 0 radical (unpaired) electrons. The zero-order valence-electron chi connectivity index (χ0n) is 17.1. The zero-order valence-corrected chi connectivity index (χ0v) is 17.1. The van der Waals surface area contributed by atoms with Crippen LogP contribution in [0.2, 0.25) is 0 Å². The Kier molecular flexibility index (Phi) is 6.77. The van der Waals surface area contributed by atoms with E-state index >= 15 is 4.39 Å². The third-order valence-corrected chi connectivity index (χ3v) is 4.69. The number of anilines is 3. The van der Waals surface area contributed by atoms with Gasteiger partial charge in [0.2, 0.25) is 0 Å². The van der Waals surface area contributed by atoms with E-state index in [0.717, 1.165) is 6.07 Å². The third-order valence-electron chi connectivity index (χ3n) is 4.69. The lowest BCUT2D eigenvalue weighted by atomic mass is 9.99. The van der Waals surface area contributed by atoms with Crippen molar-refractivity contribution in [1.29, 1.82) is 0 Å². The molecule has 0 spiro atoms. The summed E-state index contributed by atoms with van der Waals surface area (Å²) < 4.78 is 58.6. The lowest BCUT2D eigenvalue weighted by molar-refractivity contribution is 0.0958. The number of halogens is 4. The van der Waals surface area contributed by atoms with E-state index in [0.29, 0.717) is 5.56 Å². The quantitative estimate of drug-likeness (QED) is 0.362. The topological polar surface area (TPSA) is 80.0 Å². The van der Waals surface area contributed by atoms with Crippen LogP contribution in [0.1, 0.15) is 27.0 Å². The van der Waals surface area contributed by atoms with E-state index in [9.17, 15) is 18.0 Å². The summed E-state index contributed by atoms with van der Waals surface area (Å²) in [5.41, 5.74) is 4.76. The van der Waals surface area contributed by atoms with Gasteiger partial charge in [-0.3, -0.25) is 4.79 Å². The van der Waals surface area contributed by atoms with E-state index in [1.54, 1.807) is 13.0 Å². The van der Waals surface area contributed by atoms with Crippen molar-refractivity contribution in [2.24, 2.45) is 0 Å². The van der Waals surface area contributed by atoms with Crippen LogP contribution in [0.4, 0.5) is 34.8 Å². The molecule has 1 aromatic heterocycles. The summed E-state index contributed by atoms with van der Waals surface area (Å²) >= 11 is 0. The number of nitrogens with zero attached hydrogens (tertiary/aromatic N) is 1. The third kappa shape index (κ3) is 4.72. The minimum atomic E-state index is -1.41. The molecule has 5 nitrogen and oxygen atoms in total. The van der Waals surface area contributed by atoms with E-state index < -0.39 is 34.9 Å². The Labute approximate surface area is 182 Å². The molecular formula is C23H20F4N4O. The van der Waals surface area contributed by atoms with E-state index in [1.807, 2.05) is 0 Å². The van der Waals surface area contributed by atoms with Gasteiger partial charge in [-0.15, -0.1) is 6.58 Å². The molecule has 32 heavy (non-hydrogen) atoms.